The van der Waals surface area contributed by atoms with Crippen molar-refractivity contribution in [2.45, 2.75) is 13.3 Å². The van der Waals surface area contributed by atoms with Crippen molar-refractivity contribution in [2.75, 3.05) is 13.2 Å². The molecule has 2 heteroatoms. The lowest BCUT2D eigenvalue weighted by Gasteiger charge is -2.01. The van der Waals surface area contributed by atoms with E-state index in [1.165, 1.54) is 5.57 Å². The summed E-state index contributed by atoms with van der Waals surface area (Å²) in [5.41, 5.74) is 1.21. The summed E-state index contributed by atoms with van der Waals surface area (Å²) < 4.78 is 5.49. The molecule has 0 rings (SSSR count). The summed E-state index contributed by atoms with van der Waals surface area (Å²) in [4.78, 5) is 0. The van der Waals surface area contributed by atoms with Crippen LogP contribution >= 0.6 is 11.8 Å². The van der Waals surface area contributed by atoms with Gasteiger partial charge in [0.1, 0.15) is 0 Å². The van der Waals surface area contributed by atoms with E-state index < -0.39 is 0 Å². The highest BCUT2D eigenvalue weighted by Crippen LogP contribution is 2.02. The molecule has 0 radical (unpaired) electrons. The zero-order valence-corrected chi connectivity index (χ0v) is 10.7. The molecule has 88 valence electrons. The van der Waals surface area contributed by atoms with E-state index in [1.54, 1.807) is 23.2 Å². The van der Waals surface area contributed by atoms with Crippen LogP contribution in [-0.2, 0) is 4.74 Å². The van der Waals surface area contributed by atoms with Gasteiger partial charge in [0, 0.05) is 0 Å². The number of allylic oxidation sites excluding steroid dienone is 4. The molecule has 0 amide bonds. The monoisotopic (exact) mass is 236 g/mol. The van der Waals surface area contributed by atoms with Gasteiger partial charge in [-0.3, -0.25) is 0 Å². The molecule has 1 nitrogen and oxygen atoms in total. The Morgan fingerprint density at radius 1 is 1.31 bits per heavy atom. The molecule has 0 aromatic heterocycles. The second-order valence-electron chi connectivity index (χ2n) is 3.15. The third-order valence-corrected chi connectivity index (χ3v) is 2.20. The van der Waals surface area contributed by atoms with E-state index in [0.29, 0.717) is 6.61 Å². The van der Waals surface area contributed by atoms with Crippen LogP contribution in [-0.4, -0.2) is 13.2 Å². The predicted molar refractivity (Wildman–Crippen MR) is 75.5 cm³/mol. The van der Waals surface area contributed by atoms with Crippen molar-refractivity contribution in [1.29, 1.82) is 0 Å². The fraction of sp³-hybridized carbons (Fsp3) is 0.286. The molecule has 0 bridgehead atoms. The van der Waals surface area contributed by atoms with Crippen molar-refractivity contribution in [3.63, 3.8) is 0 Å². The van der Waals surface area contributed by atoms with Gasteiger partial charge in [-0.1, -0.05) is 43.5 Å². The minimum absolute atomic E-state index is 0.684. The van der Waals surface area contributed by atoms with Gasteiger partial charge in [0.15, 0.2) is 0 Å². The van der Waals surface area contributed by atoms with Crippen LogP contribution in [0.5, 0.6) is 0 Å². The predicted octanol–water partition coefficient (Wildman–Crippen LogP) is 4.47. The van der Waals surface area contributed by atoms with Crippen LogP contribution in [0, 0.1) is 0 Å². The van der Waals surface area contributed by atoms with E-state index in [-0.39, 0.29) is 0 Å². The number of rotatable bonds is 9. The van der Waals surface area contributed by atoms with Crippen molar-refractivity contribution in [3.05, 3.63) is 59.9 Å². The molecule has 0 heterocycles. The molecule has 0 aliphatic rings. The molecular formula is C14H20OS. The normalized spacial score (nSPS) is 12.4. The molecule has 0 saturated carbocycles. The number of ether oxygens (including phenoxy) is 1. The Labute approximate surface area is 103 Å². The molecule has 0 atom stereocenters. The van der Waals surface area contributed by atoms with E-state index in [0.717, 1.165) is 13.0 Å². The summed E-state index contributed by atoms with van der Waals surface area (Å²) in [6.45, 7) is 10.7. The SMILES string of the molecule is C=C/C=C\C=C(/C)COCC/C=C/SC=C. The molecular weight excluding hydrogens is 216 g/mol. The quantitative estimate of drug-likeness (QED) is 0.431. The molecule has 0 aromatic rings. The van der Waals surface area contributed by atoms with Gasteiger partial charge in [0.2, 0.25) is 0 Å². The summed E-state index contributed by atoms with van der Waals surface area (Å²) in [7, 11) is 0. The Bertz CT molecular complexity index is 274. The average molecular weight is 236 g/mol. The van der Waals surface area contributed by atoms with Crippen LogP contribution in [0.4, 0.5) is 0 Å². The van der Waals surface area contributed by atoms with Gasteiger partial charge in [-0.25, -0.2) is 0 Å². The Hall–Kier alpha value is -0.990. The van der Waals surface area contributed by atoms with Crippen LogP contribution in [0.15, 0.2) is 59.9 Å². The second-order valence-corrected chi connectivity index (χ2v) is 4.03. The smallest absolute Gasteiger partial charge is 0.0677 e. The first-order chi connectivity index (χ1) is 7.81. The van der Waals surface area contributed by atoms with Crippen LogP contribution in [0.2, 0.25) is 0 Å². The first-order valence-electron chi connectivity index (χ1n) is 5.25. The highest BCUT2D eigenvalue weighted by atomic mass is 32.2. The fourth-order valence-corrected chi connectivity index (χ4v) is 1.27. The largest absolute Gasteiger partial charge is 0.377 e. The maximum atomic E-state index is 5.49. The van der Waals surface area contributed by atoms with E-state index in [9.17, 15) is 0 Å². The van der Waals surface area contributed by atoms with Crippen LogP contribution in [0.3, 0.4) is 0 Å². The molecule has 0 unspecified atom stereocenters. The minimum atomic E-state index is 0.684. The minimum Gasteiger partial charge on any atom is -0.377 e. The van der Waals surface area contributed by atoms with Crippen molar-refractivity contribution in [1.82, 2.24) is 0 Å². The lowest BCUT2D eigenvalue weighted by molar-refractivity contribution is 0.161. The summed E-state index contributed by atoms with van der Waals surface area (Å²) in [5, 5.41) is 3.82. The number of hydrogen-bond donors (Lipinski definition) is 0. The van der Waals surface area contributed by atoms with E-state index >= 15 is 0 Å². The Balaban J connectivity index is 3.50. The van der Waals surface area contributed by atoms with Crippen molar-refractivity contribution >= 4 is 11.8 Å². The maximum Gasteiger partial charge on any atom is 0.0677 e. The van der Waals surface area contributed by atoms with Crippen molar-refractivity contribution < 1.29 is 4.74 Å². The summed E-state index contributed by atoms with van der Waals surface area (Å²) >= 11 is 1.58. The maximum absolute atomic E-state index is 5.49. The highest BCUT2D eigenvalue weighted by Gasteiger charge is 1.88. The molecule has 0 fully saturated rings. The zero-order valence-electron chi connectivity index (χ0n) is 9.89. The third-order valence-electron chi connectivity index (χ3n) is 1.66. The van der Waals surface area contributed by atoms with Crippen LogP contribution in [0.1, 0.15) is 13.3 Å². The van der Waals surface area contributed by atoms with Crippen molar-refractivity contribution in [2.24, 2.45) is 0 Å². The van der Waals surface area contributed by atoms with Crippen LogP contribution < -0.4 is 0 Å². The zero-order chi connectivity index (χ0) is 12.1. The Kier molecular flexibility index (Phi) is 11.3. The van der Waals surface area contributed by atoms with Crippen molar-refractivity contribution in [3.8, 4) is 0 Å². The summed E-state index contributed by atoms with van der Waals surface area (Å²) in [6.07, 6.45) is 10.7. The second kappa shape index (κ2) is 12.1. The molecule has 0 spiro atoms. The van der Waals surface area contributed by atoms with Gasteiger partial charge in [0.25, 0.3) is 0 Å². The van der Waals surface area contributed by atoms with Gasteiger partial charge in [-0.15, -0.1) is 11.8 Å². The van der Waals surface area contributed by atoms with Gasteiger partial charge >= 0.3 is 0 Å². The fourth-order valence-electron chi connectivity index (χ4n) is 0.910. The van der Waals surface area contributed by atoms with Gasteiger partial charge in [-0.05, 0) is 29.7 Å². The Morgan fingerprint density at radius 3 is 2.81 bits per heavy atom. The average Bonchev–Trinajstić information content (AvgIpc) is 2.28. The third kappa shape index (κ3) is 11.1. The van der Waals surface area contributed by atoms with Gasteiger partial charge in [0.05, 0.1) is 13.2 Å². The first kappa shape index (κ1) is 15.0. The van der Waals surface area contributed by atoms with Gasteiger partial charge < -0.3 is 4.74 Å². The topological polar surface area (TPSA) is 9.23 Å². The van der Waals surface area contributed by atoms with E-state index in [1.807, 2.05) is 23.6 Å². The lowest BCUT2D eigenvalue weighted by Crippen LogP contribution is -1.96. The number of thioether (sulfide) groups is 1. The molecule has 16 heavy (non-hydrogen) atoms. The highest BCUT2D eigenvalue weighted by molar-refractivity contribution is 8.04. The molecule has 0 saturated heterocycles. The van der Waals surface area contributed by atoms with Crippen LogP contribution in [0.25, 0.3) is 0 Å². The Morgan fingerprint density at radius 2 is 2.12 bits per heavy atom. The summed E-state index contributed by atoms with van der Waals surface area (Å²) in [5.74, 6) is 0. The summed E-state index contributed by atoms with van der Waals surface area (Å²) in [6, 6.07) is 0. The lowest BCUT2D eigenvalue weighted by atomic mass is 10.3. The standard InChI is InChI=1S/C14H20OS/c1-4-6-7-10-14(3)13-15-11-8-9-12-16-5-2/h4-7,9-10,12H,1-2,8,11,13H2,3H3/b7-6-,12-9+,14-10+. The molecule has 0 aliphatic carbocycles. The number of hydrogen-bond acceptors (Lipinski definition) is 2. The first-order valence-corrected chi connectivity index (χ1v) is 6.19. The van der Waals surface area contributed by atoms with E-state index in [4.69, 9.17) is 4.74 Å². The molecule has 0 N–H and O–H groups in total. The molecule has 0 aliphatic heterocycles. The molecule has 0 aromatic carbocycles. The van der Waals surface area contributed by atoms with E-state index in [2.05, 4.69) is 26.2 Å². The van der Waals surface area contributed by atoms with Gasteiger partial charge in [-0.2, -0.15) is 0 Å².